The molecule has 100 valence electrons. The highest BCUT2D eigenvalue weighted by Gasteiger charge is 2.08. The fourth-order valence-electron chi connectivity index (χ4n) is 1.76. The predicted molar refractivity (Wildman–Crippen MR) is 71.1 cm³/mol. The van der Waals surface area contributed by atoms with Crippen LogP contribution in [0.5, 0.6) is 0 Å². The van der Waals surface area contributed by atoms with E-state index in [0.29, 0.717) is 6.54 Å². The van der Waals surface area contributed by atoms with Crippen LogP contribution in [0.3, 0.4) is 0 Å². The second-order valence-corrected chi connectivity index (χ2v) is 4.48. The SMILES string of the molecule is CCn1ccc(=O)n(Cc2ccc(Cl)cc2F)c1=O. The third kappa shape index (κ3) is 2.76. The molecule has 0 aliphatic rings. The Hall–Kier alpha value is -1.88. The first-order valence-electron chi connectivity index (χ1n) is 5.77. The van der Waals surface area contributed by atoms with Crippen LogP contribution in [0.25, 0.3) is 0 Å². The third-order valence-corrected chi connectivity index (χ3v) is 3.06. The van der Waals surface area contributed by atoms with Crippen molar-refractivity contribution in [1.29, 1.82) is 0 Å². The summed E-state index contributed by atoms with van der Waals surface area (Å²) < 4.78 is 16.1. The van der Waals surface area contributed by atoms with Crippen molar-refractivity contribution in [3.05, 3.63) is 67.7 Å². The van der Waals surface area contributed by atoms with Gasteiger partial charge in [-0.2, -0.15) is 0 Å². The second-order valence-electron chi connectivity index (χ2n) is 4.04. The number of rotatable bonds is 3. The summed E-state index contributed by atoms with van der Waals surface area (Å²) in [6.45, 7) is 2.13. The lowest BCUT2D eigenvalue weighted by Gasteiger charge is -2.09. The fraction of sp³-hybridized carbons (Fsp3) is 0.231. The van der Waals surface area contributed by atoms with Gasteiger partial charge in [-0.1, -0.05) is 17.7 Å². The smallest absolute Gasteiger partial charge is 0.301 e. The van der Waals surface area contributed by atoms with Crippen LogP contribution in [0.4, 0.5) is 4.39 Å². The van der Waals surface area contributed by atoms with E-state index in [1.807, 2.05) is 0 Å². The molecule has 2 rings (SSSR count). The van der Waals surface area contributed by atoms with Crippen molar-refractivity contribution in [3.63, 3.8) is 0 Å². The van der Waals surface area contributed by atoms with Gasteiger partial charge in [0.15, 0.2) is 0 Å². The highest BCUT2D eigenvalue weighted by Crippen LogP contribution is 2.14. The summed E-state index contributed by atoms with van der Waals surface area (Å²) in [5, 5.41) is 0.271. The molecule has 1 aromatic carbocycles. The Morgan fingerprint density at radius 2 is 2.00 bits per heavy atom. The van der Waals surface area contributed by atoms with Gasteiger partial charge in [0.25, 0.3) is 5.56 Å². The van der Waals surface area contributed by atoms with Crippen LogP contribution in [0.2, 0.25) is 5.02 Å². The summed E-state index contributed by atoms with van der Waals surface area (Å²) in [7, 11) is 0. The molecule has 0 saturated carbocycles. The molecule has 0 N–H and O–H groups in total. The minimum Gasteiger partial charge on any atom is -0.301 e. The molecule has 6 heteroatoms. The van der Waals surface area contributed by atoms with E-state index in [4.69, 9.17) is 11.6 Å². The second kappa shape index (κ2) is 5.40. The molecule has 0 aliphatic heterocycles. The third-order valence-electron chi connectivity index (χ3n) is 2.82. The first-order valence-corrected chi connectivity index (χ1v) is 6.15. The summed E-state index contributed by atoms with van der Waals surface area (Å²) in [6.07, 6.45) is 1.43. The van der Waals surface area contributed by atoms with Crippen LogP contribution >= 0.6 is 11.6 Å². The maximum Gasteiger partial charge on any atom is 0.331 e. The van der Waals surface area contributed by atoms with Crippen LogP contribution in [0.15, 0.2) is 40.1 Å². The lowest BCUT2D eigenvalue weighted by atomic mass is 10.2. The van der Waals surface area contributed by atoms with Gasteiger partial charge in [-0.25, -0.2) is 9.18 Å². The number of aromatic nitrogens is 2. The van der Waals surface area contributed by atoms with Crippen molar-refractivity contribution >= 4 is 11.6 Å². The van der Waals surface area contributed by atoms with Crippen LogP contribution < -0.4 is 11.2 Å². The van der Waals surface area contributed by atoms with Gasteiger partial charge in [0.05, 0.1) is 6.54 Å². The zero-order chi connectivity index (χ0) is 14.0. The number of nitrogens with zero attached hydrogens (tertiary/aromatic N) is 2. The van der Waals surface area contributed by atoms with Crippen molar-refractivity contribution in [2.75, 3.05) is 0 Å². The average Bonchev–Trinajstić information content (AvgIpc) is 2.37. The maximum absolute atomic E-state index is 13.7. The highest BCUT2D eigenvalue weighted by atomic mass is 35.5. The lowest BCUT2D eigenvalue weighted by molar-refractivity contribution is 0.566. The minimum absolute atomic E-state index is 0.110. The summed E-state index contributed by atoms with van der Waals surface area (Å²) in [5.41, 5.74) is -0.661. The molecule has 0 unspecified atom stereocenters. The summed E-state index contributed by atoms with van der Waals surface area (Å²) in [4.78, 5) is 23.7. The van der Waals surface area contributed by atoms with Crippen molar-refractivity contribution in [1.82, 2.24) is 9.13 Å². The Balaban J connectivity index is 2.49. The van der Waals surface area contributed by atoms with Gasteiger partial charge < -0.3 is 4.57 Å². The molecular weight excluding hydrogens is 271 g/mol. The number of halogens is 2. The van der Waals surface area contributed by atoms with Crippen LogP contribution in [-0.2, 0) is 13.1 Å². The molecule has 0 saturated heterocycles. The van der Waals surface area contributed by atoms with E-state index in [9.17, 15) is 14.0 Å². The monoisotopic (exact) mass is 282 g/mol. The van der Waals surface area contributed by atoms with E-state index >= 15 is 0 Å². The number of hydrogen-bond acceptors (Lipinski definition) is 2. The van der Waals surface area contributed by atoms with Gasteiger partial charge in [-0.05, 0) is 19.1 Å². The van der Waals surface area contributed by atoms with Crippen molar-refractivity contribution in [3.8, 4) is 0 Å². The van der Waals surface area contributed by atoms with E-state index in [-0.39, 0.29) is 17.1 Å². The number of aryl methyl sites for hydroxylation is 1. The standard InChI is InChI=1S/C13H12ClFN2O2/c1-2-16-6-5-12(18)17(13(16)19)8-9-3-4-10(14)7-11(9)15/h3-7H,2,8H2,1H3. The first kappa shape index (κ1) is 13.5. The van der Waals surface area contributed by atoms with E-state index in [1.165, 1.54) is 29.0 Å². The van der Waals surface area contributed by atoms with E-state index in [0.717, 1.165) is 10.6 Å². The fourth-order valence-corrected chi connectivity index (χ4v) is 1.92. The van der Waals surface area contributed by atoms with Crippen molar-refractivity contribution in [2.24, 2.45) is 0 Å². The molecule has 2 aromatic rings. The Morgan fingerprint density at radius 3 is 2.63 bits per heavy atom. The van der Waals surface area contributed by atoms with Gasteiger partial charge in [-0.15, -0.1) is 0 Å². The zero-order valence-electron chi connectivity index (χ0n) is 10.3. The summed E-state index contributed by atoms with van der Waals surface area (Å²) >= 11 is 5.66. The number of hydrogen-bond donors (Lipinski definition) is 0. The van der Waals surface area contributed by atoms with Crippen molar-refractivity contribution < 1.29 is 4.39 Å². The minimum atomic E-state index is -0.536. The van der Waals surface area contributed by atoms with Crippen LogP contribution in [-0.4, -0.2) is 9.13 Å². The Kier molecular flexibility index (Phi) is 3.85. The number of benzene rings is 1. The Labute approximate surface area is 113 Å². The Morgan fingerprint density at radius 1 is 1.26 bits per heavy atom. The average molecular weight is 283 g/mol. The first-order chi connectivity index (χ1) is 9.02. The van der Waals surface area contributed by atoms with Gasteiger partial charge in [0.1, 0.15) is 5.82 Å². The predicted octanol–water partition coefficient (Wildman–Crippen LogP) is 1.87. The molecule has 4 nitrogen and oxygen atoms in total. The molecule has 1 aromatic heterocycles. The Bertz CT molecular complexity index is 721. The van der Waals surface area contributed by atoms with Gasteiger partial charge in [0.2, 0.25) is 0 Å². The van der Waals surface area contributed by atoms with Gasteiger partial charge in [-0.3, -0.25) is 9.36 Å². The van der Waals surface area contributed by atoms with E-state index < -0.39 is 17.1 Å². The summed E-state index contributed by atoms with van der Waals surface area (Å²) in [5.74, 6) is -0.536. The topological polar surface area (TPSA) is 44.0 Å². The van der Waals surface area contributed by atoms with Gasteiger partial charge >= 0.3 is 5.69 Å². The van der Waals surface area contributed by atoms with E-state index in [2.05, 4.69) is 0 Å². The molecule has 0 spiro atoms. The largest absolute Gasteiger partial charge is 0.331 e. The molecular formula is C13H12ClFN2O2. The lowest BCUT2D eigenvalue weighted by Crippen LogP contribution is -2.39. The molecule has 0 aliphatic carbocycles. The van der Waals surface area contributed by atoms with Gasteiger partial charge in [0, 0.05) is 29.4 Å². The normalized spacial score (nSPS) is 10.7. The molecule has 0 bridgehead atoms. The molecule has 1 heterocycles. The molecule has 0 amide bonds. The quantitative estimate of drug-likeness (QED) is 0.863. The summed E-state index contributed by atoms with van der Waals surface area (Å²) in [6, 6.07) is 5.43. The molecule has 0 atom stereocenters. The molecule has 0 radical (unpaired) electrons. The highest BCUT2D eigenvalue weighted by molar-refractivity contribution is 6.30. The molecule has 0 fully saturated rings. The van der Waals surface area contributed by atoms with Crippen LogP contribution in [0.1, 0.15) is 12.5 Å². The van der Waals surface area contributed by atoms with E-state index in [1.54, 1.807) is 6.92 Å². The molecule has 19 heavy (non-hydrogen) atoms. The van der Waals surface area contributed by atoms with Crippen LogP contribution in [0, 0.1) is 5.82 Å². The zero-order valence-corrected chi connectivity index (χ0v) is 11.0. The maximum atomic E-state index is 13.7. The van der Waals surface area contributed by atoms with Crippen molar-refractivity contribution in [2.45, 2.75) is 20.0 Å².